The Morgan fingerprint density at radius 3 is 2.42 bits per heavy atom. The van der Waals surface area contributed by atoms with Crippen molar-refractivity contribution in [1.82, 2.24) is 0 Å². The van der Waals surface area contributed by atoms with Gasteiger partial charge in [0.25, 0.3) is 0 Å². The van der Waals surface area contributed by atoms with Crippen LogP contribution in [0, 0.1) is 5.41 Å². The Balaban J connectivity index is 2.74. The fourth-order valence-corrected chi connectivity index (χ4v) is 2.54. The highest BCUT2D eigenvalue weighted by Gasteiger charge is 2.26. The standard InChI is InChI=1S/C18H26O/c1-14(16(3)19)10-7-6-8-12-17-15(2)11-9-13-18(17,4)5/h6-8,10,12H,9,11,13H2,1-5H3. The molecule has 0 saturated heterocycles. The third kappa shape index (κ3) is 4.66. The maximum Gasteiger partial charge on any atom is 0.155 e. The lowest BCUT2D eigenvalue weighted by Crippen LogP contribution is -2.18. The van der Waals surface area contributed by atoms with Gasteiger partial charge in [0, 0.05) is 0 Å². The molecule has 0 aromatic carbocycles. The van der Waals surface area contributed by atoms with Crippen LogP contribution >= 0.6 is 0 Å². The molecule has 0 saturated carbocycles. The fraction of sp³-hybridized carbons (Fsp3) is 0.500. The van der Waals surface area contributed by atoms with E-state index in [2.05, 4.69) is 32.9 Å². The summed E-state index contributed by atoms with van der Waals surface area (Å²) in [5.74, 6) is 0.126. The van der Waals surface area contributed by atoms with Gasteiger partial charge in [-0.15, -0.1) is 0 Å². The van der Waals surface area contributed by atoms with Crippen molar-refractivity contribution >= 4 is 5.78 Å². The van der Waals surface area contributed by atoms with E-state index in [0.717, 1.165) is 5.57 Å². The van der Waals surface area contributed by atoms with Crippen molar-refractivity contribution in [2.24, 2.45) is 5.41 Å². The molecule has 0 amide bonds. The van der Waals surface area contributed by atoms with Crippen molar-refractivity contribution < 1.29 is 4.79 Å². The van der Waals surface area contributed by atoms with Crippen LogP contribution in [0.3, 0.4) is 0 Å². The van der Waals surface area contributed by atoms with E-state index >= 15 is 0 Å². The van der Waals surface area contributed by atoms with E-state index in [1.807, 2.05) is 25.2 Å². The van der Waals surface area contributed by atoms with Crippen molar-refractivity contribution in [2.75, 3.05) is 0 Å². The van der Waals surface area contributed by atoms with E-state index in [0.29, 0.717) is 0 Å². The molecule has 0 fully saturated rings. The van der Waals surface area contributed by atoms with Gasteiger partial charge in [0.05, 0.1) is 0 Å². The van der Waals surface area contributed by atoms with Crippen LogP contribution in [0.15, 0.2) is 47.1 Å². The van der Waals surface area contributed by atoms with Crippen LogP contribution < -0.4 is 0 Å². The molecule has 1 nitrogen and oxygen atoms in total. The number of carbonyl (C=O) groups is 1. The second kappa shape index (κ2) is 6.70. The summed E-state index contributed by atoms with van der Waals surface area (Å²) in [5.41, 5.74) is 4.06. The number of carbonyl (C=O) groups excluding carboxylic acids is 1. The minimum Gasteiger partial charge on any atom is -0.295 e. The molecule has 0 aliphatic heterocycles. The first kappa shape index (κ1) is 15.7. The van der Waals surface area contributed by atoms with Crippen molar-refractivity contribution in [3.05, 3.63) is 47.1 Å². The first-order valence-corrected chi connectivity index (χ1v) is 7.07. The van der Waals surface area contributed by atoms with Crippen LogP contribution in [0.2, 0.25) is 0 Å². The van der Waals surface area contributed by atoms with Gasteiger partial charge >= 0.3 is 0 Å². The highest BCUT2D eigenvalue weighted by molar-refractivity contribution is 5.92. The monoisotopic (exact) mass is 258 g/mol. The van der Waals surface area contributed by atoms with E-state index in [1.54, 1.807) is 6.92 Å². The highest BCUT2D eigenvalue weighted by atomic mass is 16.1. The molecule has 1 aliphatic rings. The zero-order valence-electron chi connectivity index (χ0n) is 12.9. The quantitative estimate of drug-likeness (QED) is 0.503. The normalized spacial score (nSPS) is 20.6. The second-order valence-corrected chi connectivity index (χ2v) is 6.08. The second-order valence-electron chi connectivity index (χ2n) is 6.08. The SMILES string of the molecule is CC(=O)C(C)=CC=CC=CC1=C(C)CCCC1(C)C. The molecular weight excluding hydrogens is 232 g/mol. The fourth-order valence-electron chi connectivity index (χ4n) is 2.54. The third-order valence-electron chi connectivity index (χ3n) is 3.93. The molecule has 1 heteroatoms. The average Bonchev–Trinajstić information content (AvgIpc) is 2.31. The van der Waals surface area contributed by atoms with Crippen LogP contribution in [0.4, 0.5) is 0 Å². The van der Waals surface area contributed by atoms with Crippen LogP contribution in [0.5, 0.6) is 0 Å². The summed E-state index contributed by atoms with van der Waals surface area (Å²) in [4.78, 5) is 11.1. The van der Waals surface area contributed by atoms with E-state index in [9.17, 15) is 4.79 Å². The van der Waals surface area contributed by atoms with Gasteiger partial charge in [0.15, 0.2) is 5.78 Å². The molecule has 0 bridgehead atoms. The Hall–Kier alpha value is -1.37. The van der Waals surface area contributed by atoms with Crippen LogP contribution in [-0.4, -0.2) is 5.78 Å². The average molecular weight is 258 g/mol. The molecule has 0 atom stereocenters. The summed E-state index contributed by atoms with van der Waals surface area (Å²) >= 11 is 0. The maximum atomic E-state index is 11.1. The number of allylic oxidation sites excluding steroid dienone is 8. The lowest BCUT2D eigenvalue weighted by atomic mass is 9.73. The molecule has 0 spiro atoms. The summed E-state index contributed by atoms with van der Waals surface area (Å²) in [6.07, 6.45) is 13.9. The molecule has 0 aromatic rings. The molecule has 19 heavy (non-hydrogen) atoms. The molecule has 0 N–H and O–H groups in total. The van der Waals surface area contributed by atoms with Crippen molar-refractivity contribution in [3.63, 3.8) is 0 Å². The molecule has 1 rings (SSSR count). The summed E-state index contributed by atoms with van der Waals surface area (Å²) in [6, 6.07) is 0. The number of Topliss-reactive ketones (excluding diaryl/α,β-unsaturated/α-hetero) is 1. The number of hydrogen-bond acceptors (Lipinski definition) is 1. The molecule has 0 heterocycles. The molecule has 0 radical (unpaired) electrons. The third-order valence-corrected chi connectivity index (χ3v) is 3.93. The van der Waals surface area contributed by atoms with E-state index in [1.165, 1.54) is 30.4 Å². The first-order chi connectivity index (χ1) is 8.84. The minimum absolute atomic E-state index is 0.126. The molecule has 104 valence electrons. The highest BCUT2D eigenvalue weighted by Crippen LogP contribution is 2.40. The van der Waals surface area contributed by atoms with E-state index < -0.39 is 0 Å². The summed E-state index contributed by atoms with van der Waals surface area (Å²) < 4.78 is 0. The first-order valence-electron chi connectivity index (χ1n) is 7.07. The predicted molar refractivity (Wildman–Crippen MR) is 83.1 cm³/mol. The van der Waals surface area contributed by atoms with Gasteiger partial charge in [-0.25, -0.2) is 0 Å². The lowest BCUT2D eigenvalue weighted by Gasteiger charge is -2.32. The van der Waals surface area contributed by atoms with Crippen molar-refractivity contribution in [1.29, 1.82) is 0 Å². The molecule has 1 aliphatic carbocycles. The topological polar surface area (TPSA) is 17.1 Å². The van der Waals surface area contributed by atoms with Gasteiger partial charge in [-0.2, -0.15) is 0 Å². The maximum absolute atomic E-state index is 11.1. The Morgan fingerprint density at radius 2 is 1.84 bits per heavy atom. The number of ketones is 1. The van der Waals surface area contributed by atoms with E-state index in [4.69, 9.17) is 0 Å². The van der Waals surface area contributed by atoms with E-state index in [-0.39, 0.29) is 11.2 Å². The number of rotatable bonds is 4. The van der Waals surface area contributed by atoms with Gasteiger partial charge in [-0.1, -0.05) is 49.8 Å². The Morgan fingerprint density at radius 1 is 1.16 bits per heavy atom. The zero-order valence-corrected chi connectivity index (χ0v) is 12.9. The summed E-state index contributed by atoms with van der Waals surface area (Å²) in [5, 5.41) is 0. The largest absolute Gasteiger partial charge is 0.295 e. The minimum atomic E-state index is 0.126. The molecular formula is C18H26O. The summed E-state index contributed by atoms with van der Waals surface area (Å²) in [7, 11) is 0. The van der Waals surface area contributed by atoms with Gasteiger partial charge in [-0.05, 0) is 56.6 Å². The van der Waals surface area contributed by atoms with Gasteiger partial charge in [0.2, 0.25) is 0 Å². The summed E-state index contributed by atoms with van der Waals surface area (Å²) in [6.45, 7) is 10.3. The zero-order chi connectivity index (χ0) is 14.5. The van der Waals surface area contributed by atoms with Crippen LogP contribution in [0.25, 0.3) is 0 Å². The molecule has 0 aromatic heterocycles. The van der Waals surface area contributed by atoms with Gasteiger partial charge in [-0.3, -0.25) is 4.79 Å². The van der Waals surface area contributed by atoms with Crippen LogP contribution in [0.1, 0.15) is 53.9 Å². The Labute approximate surface area is 117 Å². The molecule has 0 unspecified atom stereocenters. The Bertz CT molecular complexity index is 456. The number of hydrogen-bond donors (Lipinski definition) is 0. The van der Waals surface area contributed by atoms with Gasteiger partial charge in [0.1, 0.15) is 0 Å². The smallest absolute Gasteiger partial charge is 0.155 e. The Kier molecular flexibility index (Phi) is 5.53. The van der Waals surface area contributed by atoms with Crippen LogP contribution in [-0.2, 0) is 4.79 Å². The van der Waals surface area contributed by atoms with Crippen molar-refractivity contribution in [2.45, 2.75) is 53.9 Å². The van der Waals surface area contributed by atoms with Gasteiger partial charge < -0.3 is 0 Å². The predicted octanol–water partition coefficient (Wildman–Crippen LogP) is 5.16. The lowest BCUT2D eigenvalue weighted by molar-refractivity contribution is -0.113. The van der Waals surface area contributed by atoms with Crippen molar-refractivity contribution in [3.8, 4) is 0 Å².